The quantitative estimate of drug-likeness (QED) is 0.235. The molecule has 0 aromatic rings. The lowest BCUT2D eigenvalue weighted by Gasteiger charge is -2.45. The van der Waals surface area contributed by atoms with Gasteiger partial charge in [0.15, 0.2) is 0 Å². The van der Waals surface area contributed by atoms with Crippen LogP contribution in [0.15, 0.2) is 0 Å². The van der Waals surface area contributed by atoms with Gasteiger partial charge in [-0.1, -0.05) is 13.8 Å². The monoisotopic (exact) mass is 504 g/mol. The van der Waals surface area contributed by atoms with Gasteiger partial charge in [0.1, 0.15) is 11.7 Å². The third kappa shape index (κ3) is 13.8. The molecule has 0 aromatic carbocycles. The van der Waals surface area contributed by atoms with Crippen LogP contribution in [0.4, 0.5) is 4.79 Å². The van der Waals surface area contributed by atoms with Crippen molar-refractivity contribution < 1.29 is 33.6 Å². The van der Waals surface area contributed by atoms with Gasteiger partial charge in [-0.05, 0) is 95.9 Å². The van der Waals surface area contributed by atoms with Crippen LogP contribution < -0.4 is 0 Å². The fourth-order valence-electron chi connectivity index (χ4n) is 3.69. The summed E-state index contributed by atoms with van der Waals surface area (Å²) >= 11 is 0. The molecule has 0 rings (SSSR count). The van der Waals surface area contributed by atoms with Gasteiger partial charge in [0.25, 0.3) is 0 Å². The van der Waals surface area contributed by atoms with E-state index in [-0.39, 0.29) is 17.8 Å². The van der Waals surface area contributed by atoms with Gasteiger partial charge in [-0.3, -0.25) is 0 Å². The fraction of sp³-hybridized carbons (Fsp3) is 0.964. The summed E-state index contributed by atoms with van der Waals surface area (Å²) in [4.78, 5) is 12.7. The van der Waals surface area contributed by atoms with Crippen molar-refractivity contribution in [3.8, 4) is 0 Å². The van der Waals surface area contributed by atoms with E-state index >= 15 is 0 Å². The Morgan fingerprint density at radius 2 is 1.34 bits per heavy atom. The first-order chi connectivity index (χ1) is 15.5. The van der Waals surface area contributed by atoms with Crippen LogP contribution in [-0.4, -0.2) is 65.2 Å². The lowest BCUT2D eigenvalue weighted by molar-refractivity contribution is -0.157. The van der Waals surface area contributed by atoms with E-state index in [0.29, 0.717) is 26.1 Å². The van der Waals surface area contributed by atoms with Crippen LogP contribution in [0.5, 0.6) is 0 Å². The van der Waals surface area contributed by atoms with Crippen LogP contribution >= 0.6 is 0 Å². The fourth-order valence-corrected chi connectivity index (χ4v) is 3.69. The van der Waals surface area contributed by atoms with Crippen LogP contribution in [0.2, 0.25) is 0 Å². The molecule has 0 saturated carbocycles. The molecule has 1 N–H and O–H groups in total. The molecular formula is C28H56O7. The van der Waals surface area contributed by atoms with Gasteiger partial charge in [0.2, 0.25) is 0 Å². The Morgan fingerprint density at radius 1 is 0.800 bits per heavy atom. The second-order valence-electron chi connectivity index (χ2n) is 13.1. The number of hydrogen-bond acceptors (Lipinski definition) is 7. The zero-order chi connectivity index (χ0) is 27.9. The molecule has 0 aliphatic rings. The van der Waals surface area contributed by atoms with Crippen LogP contribution in [-0.2, 0) is 23.7 Å². The van der Waals surface area contributed by atoms with Crippen molar-refractivity contribution in [2.24, 2.45) is 5.41 Å². The highest BCUT2D eigenvalue weighted by molar-refractivity contribution is 5.60. The molecule has 0 amide bonds. The molecule has 0 aliphatic heterocycles. The molecule has 0 bridgehead atoms. The maximum atomic E-state index is 12.7. The lowest BCUT2D eigenvalue weighted by Crippen LogP contribution is -2.50. The molecule has 0 aliphatic carbocycles. The van der Waals surface area contributed by atoms with Gasteiger partial charge < -0.3 is 28.8 Å². The van der Waals surface area contributed by atoms with E-state index in [1.807, 2.05) is 83.1 Å². The number of carbonyl (C=O) groups is 1. The molecule has 0 aromatic heterocycles. The van der Waals surface area contributed by atoms with E-state index in [2.05, 4.69) is 0 Å². The van der Waals surface area contributed by atoms with E-state index in [4.69, 9.17) is 23.7 Å². The van der Waals surface area contributed by atoms with Gasteiger partial charge in [-0.2, -0.15) is 0 Å². The molecule has 2 unspecified atom stereocenters. The van der Waals surface area contributed by atoms with Gasteiger partial charge in [0, 0.05) is 18.4 Å². The van der Waals surface area contributed by atoms with Crippen LogP contribution in [0, 0.1) is 5.41 Å². The SMILES string of the molecule is CC(C)OCCC(C)(C)OC(C)CC(C)(C)OC(=O)OC(C)C(C)(C)C(C)(C)OCCC(C)(C)O. The highest BCUT2D eigenvalue weighted by Gasteiger charge is 2.45. The second kappa shape index (κ2) is 13.1. The Morgan fingerprint density at radius 3 is 1.83 bits per heavy atom. The maximum absolute atomic E-state index is 12.7. The number of carbonyl (C=O) groups excluding carboxylic acids is 1. The Hall–Kier alpha value is -0.890. The summed E-state index contributed by atoms with van der Waals surface area (Å²) in [6.07, 6.45) is 0.720. The van der Waals surface area contributed by atoms with Crippen LogP contribution in [0.25, 0.3) is 0 Å². The molecule has 0 fully saturated rings. The summed E-state index contributed by atoms with van der Waals surface area (Å²) in [5.74, 6) is 0. The van der Waals surface area contributed by atoms with Gasteiger partial charge in [-0.25, -0.2) is 4.79 Å². The summed E-state index contributed by atoms with van der Waals surface area (Å²) in [5, 5.41) is 9.96. The van der Waals surface area contributed by atoms with E-state index < -0.39 is 34.5 Å². The van der Waals surface area contributed by atoms with Crippen molar-refractivity contribution in [3.05, 3.63) is 0 Å². The van der Waals surface area contributed by atoms with Gasteiger partial charge in [0.05, 0.1) is 35.6 Å². The molecule has 0 saturated heterocycles. The third-order valence-corrected chi connectivity index (χ3v) is 6.83. The average molecular weight is 505 g/mol. The van der Waals surface area contributed by atoms with E-state index in [0.717, 1.165) is 6.42 Å². The minimum atomic E-state index is -0.796. The zero-order valence-electron chi connectivity index (χ0n) is 25.2. The maximum Gasteiger partial charge on any atom is 0.509 e. The minimum Gasteiger partial charge on any atom is -0.431 e. The number of hydrogen-bond donors (Lipinski definition) is 1. The molecule has 210 valence electrons. The summed E-state index contributed by atoms with van der Waals surface area (Å²) in [6, 6.07) is 0. The molecular weight excluding hydrogens is 448 g/mol. The van der Waals surface area contributed by atoms with Crippen LogP contribution in [0.3, 0.4) is 0 Å². The predicted molar refractivity (Wildman–Crippen MR) is 141 cm³/mol. The Bertz CT molecular complexity index is 630. The van der Waals surface area contributed by atoms with Gasteiger partial charge in [-0.15, -0.1) is 0 Å². The lowest BCUT2D eigenvalue weighted by atomic mass is 9.73. The average Bonchev–Trinajstić information content (AvgIpc) is 2.57. The molecule has 2 atom stereocenters. The molecule has 0 spiro atoms. The topological polar surface area (TPSA) is 83.5 Å². The molecule has 0 radical (unpaired) electrons. The predicted octanol–water partition coefficient (Wildman–Crippen LogP) is 6.68. The summed E-state index contributed by atoms with van der Waals surface area (Å²) < 4.78 is 29.4. The first kappa shape index (κ1) is 34.1. The zero-order valence-corrected chi connectivity index (χ0v) is 25.2. The highest BCUT2D eigenvalue weighted by atomic mass is 16.7. The number of aliphatic hydroxyl groups is 1. The minimum absolute atomic E-state index is 0.121. The largest absolute Gasteiger partial charge is 0.509 e. The summed E-state index contributed by atoms with van der Waals surface area (Å²) in [7, 11) is 0. The van der Waals surface area contributed by atoms with Crippen molar-refractivity contribution in [1.29, 1.82) is 0 Å². The number of ether oxygens (including phenoxy) is 5. The van der Waals surface area contributed by atoms with E-state index in [1.54, 1.807) is 13.8 Å². The first-order valence-corrected chi connectivity index (χ1v) is 13.0. The van der Waals surface area contributed by atoms with Crippen molar-refractivity contribution in [1.82, 2.24) is 0 Å². The Labute approximate surface area is 215 Å². The Balaban J connectivity index is 4.86. The van der Waals surface area contributed by atoms with Gasteiger partial charge >= 0.3 is 6.16 Å². The summed E-state index contributed by atoms with van der Waals surface area (Å²) in [5.41, 5.74) is -3.01. The molecule has 0 heterocycles. The molecule has 7 nitrogen and oxygen atoms in total. The second-order valence-corrected chi connectivity index (χ2v) is 13.1. The van der Waals surface area contributed by atoms with E-state index in [9.17, 15) is 9.90 Å². The molecule has 35 heavy (non-hydrogen) atoms. The normalized spacial score (nSPS) is 15.8. The molecule has 7 heteroatoms. The smallest absolute Gasteiger partial charge is 0.431 e. The van der Waals surface area contributed by atoms with Crippen molar-refractivity contribution in [2.75, 3.05) is 13.2 Å². The number of rotatable bonds is 16. The third-order valence-electron chi connectivity index (χ3n) is 6.83. The van der Waals surface area contributed by atoms with Crippen molar-refractivity contribution in [2.45, 2.75) is 157 Å². The van der Waals surface area contributed by atoms with E-state index in [1.165, 1.54) is 0 Å². The highest BCUT2D eigenvalue weighted by Crippen LogP contribution is 2.39. The van der Waals surface area contributed by atoms with Crippen LogP contribution in [0.1, 0.15) is 116 Å². The van der Waals surface area contributed by atoms with Crippen molar-refractivity contribution in [3.63, 3.8) is 0 Å². The Kier molecular flexibility index (Phi) is 12.7. The first-order valence-electron chi connectivity index (χ1n) is 13.0. The summed E-state index contributed by atoms with van der Waals surface area (Å²) in [6.45, 7) is 28.2. The standard InChI is InChI=1S/C28H56O7/c1-20(2)31-17-16-25(7,8)34-21(3)19-26(9,10)35-23(29)33-22(4)27(11,12)28(13,14)32-18-15-24(5,6)30/h20-22,30H,15-19H2,1-14H3. The van der Waals surface area contributed by atoms with Crippen molar-refractivity contribution >= 4 is 6.16 Å².